The SMILES string of the molecule is CCCC12CC(O)C(=O)C[C@H]1CCc1cc(O)ccc12. The van der Waals surface area contributed by atoms with Gasteiger partial charge in [0.15, 0.2) is 5.78 Å². The third kappa shape index (κ3) is 1.96. The Labute approximate surface area is 119 Å². The molecule has 0 aliphatic heterocycles. The molecule has 3 atom stereocenters. The molecular formula is C17H22O3. The Morgan fingerprint density at radius 3 is 2.95 bits per heavy atom. The number of Topliss-reactive ketones (excluding diaryl/α,β-unsaturated/α-hetero) is 1. The molecule has 2 unspecified atom stereocenters. The van der Waals surface area contributed by atoms with Crippen molar-refractivity contribution in [1.82, 2.24) is 0 Å². The van der Waals surface area contributed by atoms with E-state index in [1.165, 1.54) is 11.1 Å². The molecule has 3 rings (SSSR count). The quantitative estimate of drug-likeness (QED) is 0.871. The van der Waals surface area contributed by atoms with E-state index in [4.69, 9.17) is 0 Å². The third-order valence-corrected chi connectivity index (χ3v) is 5.24. The zero-order chi connectivity index (χ0) is 14.3. The standard InChI is InChI=1S/C17H22O3/c1-2-7-17-10-16(20)15(19)9-12(17)4-3-11-8-13(18)5-6-14(11)17/h5-6,8,12,16,18,20H,2-4,7,9-10H2,1H3/t12-,16?,17?/m1/s1. The normalized spacial score (nSPS) is 32.6. The summed E-state index contributed by atoms with van der Waals surface area (Å²) in [6.07, 6.45) is 4.16. The van der Waals surface area contributed by atoms with Crippen molar-refractivity contribution in [3.8, 4) is 5.75 Å². The fourth-order valence-electron chi connectivity index (χ4n) is 4.40. The Morgan fingerprint density at radius 2 is 2.20 bits per heavy atom. The van der Waals surface area contributed by atoms with Crippen molar-refractivity contribution in [2.24, 2.45) is 5.92 Å². The van der Waals surface area contributed by atoms with Gasteiger partial charge in [-0.2, -0.15) is 0 Å². The van der Waals surface area contributed by atoms with E-state index in [0.717, 1.165) is 25.7 Å². The number of fused-ring (bicyclic) bond motifs is 3. The molecule has 2 aliphatic carbocycles. The average molecular weight is 274 g/mol. The van der Waals surface area contributed by atoms with Crippen LogP contribution in [0.5, 0.6) is 5.75 Å². The van der Waals surface area contributed by atoms with Crippen molar-refractivity contribution in [2.45, 2.75) is 57.0 Å². The number of phenolic OH excluding ortho intramolecular Hbond substituents is 1. The van der Waals surface area contributed by atoms with E-state index in [0.29, 0.717) is 24.5 Å². The highest BCUT2D eigenvalue weighted by Gasteiger charge is 2.49. The van der Waals surface area contributed by atoms with Crippen LogP contribution in [0.15, 0.2) is 18.2 Å². The lowest BCUT2D eigenvalue weighted by Gasteiger charge is -2.49. The summed E-state index contributed by atoms with van der Waals surface area (Å²) in [5.41, 5.74) is 2.36. The zero-order valence-corrected chi connectivity index (χ0v) is 11.9. The Morgan fingerprint density at radius 1 is 1.40 bits per heavy atom. The maximum Gasteiger partial charge on any atom is 0.161 e. The van der Waals surface area contributed by atoms with Gasteiger partial charge in [0.05, 0.1) is 0 Å². The third-order valence-electron chi connectivity index (χ3n) is 5.24. The van der Waals surface area contributed by atoms with Gasteiger partial charge in [-0.05, 0) is 54.9 Å². The number of ketones is 1. The Hall–Kier alpha value is -1.35. The molecule has 0 amide bonds. The van der Waals surface area contributed by atoms with Crippen LogP contribution in [0.3, 0.4) is 0 Å². The molecule has 0 saturated heterocycles. The molecule has 0 aromatic heterocycles. The van der Waals surface area contributed by atoms with Crippen molar-refractivity contribution in [3.63, 3.8) is 0 Å². The maximum absolute atomic E-state index is 11.9. The van der Waals surface area contributed by atoms with Gasteiger partial charge in [0.25, 0.3) is 0 Å². The number of benzene rings is 1. The molecule has 1 aromatic carbocycles. The lowest BCUT2D eigenvalue weighted by Crippen LogP contribution is -2.49. The molecule has 2 aliphatic rings. The van der Waals surface area contributed by atoms with Gasteiger partial charge in [-0.15, -0.1) is 0 Å². The van der Waals surface area contributed by atoms with Gasteiger partial charge in [-0.3, -0.25) is 4.79 Å². The lowest BCUT2D eigenvalue weighted by atomic mass is 9.55. The lowest BCUT2D eigenvalue weighted by molar-refractivity contribution is -0.134. The highest BCUT2D eigenvalue weighted by Crippen LogP contribution is 2.52. The molecule has 3 heteroatoms. The van der Waals surface area contributed by atoms with Crippen LogP contribution in [0.4, 0.5) is 0 Å². The van der Waals surface area contributed by atoms with E-state index in [2.05, 4.69) is 6.92 Å². The van der Waals surface area contributed by atoms with Crippen LogP contribution in [-0.4, -0.2) is 22.1 Å². The van der Waals surface area contributed by atoms with Crippen LogP contribution in [0, 0.1) is 5.92 Å². The topological polar surface area (TPSA) is 57.5 Å². The molecule has 2 N–H and O–H groups in total. The summed E-state index contributed by atoms with van der Waals surface area (Å²) in [5, 5.41) is 19.8. The summed E-state index contributed by atoms with van der Waals surface area (Å²) in [4.78, 5) is 11.9. The van der Waals surface area contributed by atoms with E-state index >= 15 is 0 Å². The van der Waals surface area contributed by atoms with Crippen molar-refractivity contribution >= 4 is 5.78 Å². The minimum absolute atomic E-state index is 0.00366. The van der Waals surface area contributed by atoms with Gasteiger partial charge < -0.3 is 10.2 Å². The number of carbonyl (C=O) groups is 1. The second-order valence-electron chi connectivity index (χ2n) is 6.37. The predicted octanol–water partition coefficient (Wildman–Crippen LogP) is 2.72. The zero-order valence-electron chi connectivity index (χ0n) is 11.9. The van der Waals surface area contributed by atoms with Crippen molar-refractivity contribution in [2.75, 3.05) is 0 Å². The van der Waals surface area contributed by atoms with Crippen LogP contribution >= 0.6 is 0 Å². The summed E-state index contributed by atoms with van der Waals surface area (Å²) >= 11 is 0. The molecule has 1 fully saturated rings. The van der Waals surface area contributed by atoms with Crippen molar-refractivity contribution in [1.29, 1.82) is 0 Å². The van der Waals surface area contributed by atoms with E-state index in [1.54, 1.807) is 6.07 Å². The molecule has 20 heavy (non-hydrogen) atoms. The van der Waals surface area contributed by atoms with Crippen LogP contribution in [0.1, 0.15) is 50.2 Å². The number of phenols is 1. The first-order chi connectivity index (χ1) is 9.56. The van der Waals surface area contributed by atoms with Crippen LogP contribution < -0.4 is 0 Å². The number of aromatic hydroxyl groups is 1. The van der Waals surface area contributed by atoms with Crippen LogP contribution in [0.2, 0.25) is 0 Å². The van der Waals surface area contributed by atoms with Gasteiger partial charge in [-0.1, -0.05) is 19.4 Å². The van der Waals surface area contributed by atoms with Crippen molar-refractivity contribution < 1.29 is 15.0 Å². The minimum atomic E-state index is -0.822. The van der Waals surface area contributed by atoms with Gasteiger partial charge >= 0.3 is 0 Å². The molecule has 0 spiro atoms. The van der Waals surface area contributed by atoms with Crippen molar-refractivity contribution in [3.05, 3.63) is 29.3 Å². The van der Waals surface area contributed by atoms with Gasteiger partial charge in [-0.25, -0.2) is 0 Å². The number of hydrogen-bond donors (Lipinski definition) is 2. The molecule has 1 aromatic rings. The van der Waals surface area contributed by atoms with E-state index in [-0.39, 0.29) is 11.2 Å². The highest BCUT2D eigenvalue weighted by atomic mass is 16.3. The molecule has 0 bridgehead atoms. The maximum atomic E-state index is 11.9. The number of aryl methyl sites for hydroxylation is 1. The van der Waals surface area contributed by atoms with Crippen LogP contribution in [-0.2, 0) is 16.6 Å². The number of aliphatic hydroxyl groups excluding tert-OH is 1. The molecule has 0 radical (unpaired) electrons. The smallest absolute Gasteiger partial charge is 0.161 e. The monoisotopic (exact) mass is 274 g/mol. The number of carbonyl (C=O) groups excluding carboxylic acids is 1. The minimum Gasteiger partial charge on any atom is -0.508 e. The summed E-state index contributed by atoms with van der Waals surface area (Å²) in [6.45, 7) is 2.16. The Kier molecular flexibility index (Phi) is 3.33. The predicted molar refractivity (Wildman–Crippen MR) is 76.8 cm³/mol. The number of hydrogen-bond acceptors (Lipinski definition) is 3. The summed E-state index contributed by atoms with van der Waals surface area (Å²) in [7, 11) is 0. The number of aliphatic hydroxyl groups is 1. The second kappa shape index (κ2) is 4.88. The fourth-order valence-corrected chi connectivity index (χ4v) is 4.40. The Balaban J connectivity index is 2.10. The van der Waals surface area contributed by atoms with E-state index in [9.17, 15) is 15.0 Å². The second-order valence-corrected chi connectivity index (χ2v) is 6.37. The molecule has 1 saturated carbocycles. The van der Waals surface area contributed by atoms with Gasteiger partial charge in [0.1, 0.15) is 11.9 Å². The van der Waals surface area contributed by atoms with E-state index < -0.39 is 6.10 Å². The first-order valence-electron chi connectivity index (χ1n) is 7.60. The molecule has 0 heterocycles. The van der Waals surface area contributed by atoms with E-state index in [1.807, 2.05) is 12.1 Å². The van der Waals surface area contributed by atoms with Crippen LogP contribution in [0.25, 0.3) is 0 Å². The summed E-state index contributed by atoms with van der Waals surface area (Å²) < 4.78 is 0. The largest absolute Gasteiger partial charge is 0.508 e. The first kappa shape index (κ1) is 13.6. The summed E-state index contributed by atoms with van der Waals surface area (Å²) in [5.74, 6) is 0.653. The highest BCUT2D eigenvalue weighted by molar-refractivity contribution is 5.84. The Bertz CT molecular complexity index is 537. The average Bonchev–Trinajstić information content (AvgIpc) is 2.41. The number of rotatable bonds is 2. The molecule has 108 valence electrons. The van der Waals surface area contributed by atoms with Gasteiger partial charge in [0, 0.05) is 11.8 Å². The van der Waals surface area contributed by atoms with Gasteiger partial charge in [0.2, 0.25) is 0 Å². The molecule has 3 nitrogen and oxygen atoms in total. The first-order valence-corrected chi connectivity index (χ1v) is 7.60. The fraction of sp³-hybridized carbons (Fsp3) is 0.588. The molecular weight excluding hydrogens is 252 g/mol. The summed E-state index contributed by atoms with van der Waals surface area (Å²) in [6, 6.07) is 5.60.